The Bertz CT molecular complexity index is 207. The van der Waals surface area contributed by atoms with Gasteiger partial charge in [0, 0.05) is 6.04 Å². The predicted octanol–water partition coefficient (Wildman–Crippen LogP) is 3.54. The molecule has 1 nitrogen and oxygen atoms in total. The molecule has 0 heterocycles. The molecule has 2 aliphatic rings. The lowest BCUT2D eigenvalue weighted by atomic mass is 9.84. The average Bonchev–Trinajstić information content (AvgIpc) is 2.90. The molecule has 16 heavy (non-hydrogen) atoms. The van der Waals surface area contributed by atoms with Gasteiger partial charge < -0.3 is 5.32 Å². The molecule has 0 radical (unpaired) electrons. The van der Waals surface area contributed by atoms with Gasteiger partial charge in [0.15, 0.2) is 0 Å². The summed E-state index contributed by atoms with van der Waals surface area (Å²) in [5, 5.41) is 3.75. The van der Waals surface area contributed by atoms with E-state index in [9.17, 15) is 0 Å². The lowest BCUT2D eigenvalue weighted by molar-refractivity contribution is 0.261. The summed E-state index contributed by atoms with van der Waals surface area (Å²) in [6.45, 7) is 5.89. The fourth-order valence-electron chi connectivity index (χ4n) is 3.71. The van der Waals surface area contributed by atoms with Gasteiger partial charge in [0.2, 0.25) is 0 Å². The Morgan fingerprint density at radius 1 is 1.31 bits per heavy atom. The van der Waals surface area contributed by atoms with Crippen molar-refractivity contribution in [3.8, 4) is 0 Å². The van der Waals surface area contributed by atoms with Crippen molar-refractivity contribution in [2.75, 3.05) is 18.1 Å². The van der Waals surface area contributed by atoms with E-state index in [-0.39, 0.29) is 0 Å². The molecular weight excluding hydrogens is 214 g/mol. The predicted molar refractivity (Wildman–Crippen MR) is 74.0 cm³/mol. The Balaban J connectivity index is 1.59. The van der Waals surface area contributed by atoms with Crippen LogP contribution in [-0.4, -0.2) is 24.1 Å². The molecular formula is C14H27NS. The topological polar surface area (TPSA) is 12.0 Å². The van der Waals surface area contributed by atoms with Gasteiger partial charge in [0.25, 0.3) is 0 Å². The zero-order valence-electron chi connectivity index (χ0n) is 10.9. The number of hydrogen-bond donors (Lipinski definition) is 1. The van der Waals surface area contributed by atoms with Gasteiger partial charge in [-0.3, -0.25) is 0 Å². The van der Waals surface area contributed by atoms with E-state index in [0.717, 1.165) is 23.8 Å². The van der Waals surface area contributed by atoms with Crippen molar-refractivity contribution in [3.63, 3.8) is 0 Å². The summed E-state index contributed by atoms with van der Waals surface area (Å²) in [5.41, 5.74) is 0. The first kappa shape index (κ1) is 12.8. The first-order valence-corrected chi connectivity index (χ1v) is 8.27. The van der Waals surface area contributed by atoms with Crippen molar-refractivity contribution >= 4 is 11.8 Å². The number of nitrogens with one attached hydrogen (secondary N) is 1. The van der Waals surface area contributed by atoms with Crippen LogP contribution in [0.2, 0.25) is 0 Å². The molecule has 1 N–H and O–H groups in total. The van der Waals surface area contributed by atoms with Crippen LogP contribution < -0.4 is 5.32 Å². The Morgan fingerprint density at radius 3 is 2.81 bits per heavy atom. The standard InChI is InChI=1S/C14H27NS/c1-3-16-8-4-7-15-11(2)14-10-12-5-6-13(14)9-12/h11-15H,3-10H2,1-2H3. The number of hydrogen-bond acceptors (Lipinski definition) is 2. The van der Waals surface area contributed by atoms with E-state index in [1.54, 1.807) is 6.42 Å². The van der Waals surface area contributed by atoms with Crippen LogP contribution >= 0.6 is 11.8 Å². The Morgan fingerprint density at radius 2 is 2.19 bits per heavy atom. The second-order valence-corrected chi connectivity index (χ2v) is 7.03. The van der Waals surface area contributed by atoms with Crippen molar-refractivity contribution in [2.45, 2.75) is 52.0 Å². The van der Waals surface area contributed by atoms with Crippen LogP contribution in [0.5, 0.6) is 0 Å². The van der Waals surface area contributed by atoms with Crippen LogP contribution in [0.3, 0.4) is 0 Å². The minimum Gasteiger partial charge on any atom is -0.314 e. The molecule has 2 saturated carbocycles. The first-order chi connectivity index (χ1) is 7.81. The maximum Gasteiger partial charge on any atom is 0.00697 e. The van der Waals surface area contributed by atoms with Crippen LogP contribution in [0.1, 0.15) is 46.0 Å². The van der Waals surface area contributed by atoms with Crippen LogP contribution in [0.4, 0.5) is 0 Å². The highest BCUT2D eigenvalue weighted by atomic mass is 32.2. The van der Waals surface area contributed by atoms with E-state index in [1.807, 2.05) is 0 Å². The monoisotopic (exact) mass is 241 g/mol. The van der Waals surface area contributed by atoms with Crippen molar-refractivity contribution < 1.29 is 0 Å². The van der Waals surface area contributed by atoms with E-state index >= 15 is 0 Å². The molecule has 0 aliphatic heterocycles. The van der Waals surface area contributed by atoms with E-state index in [0.29, 0.717) is 0 Å². The second kappa shape index (κ2) is 6.30. The molecule has 4 atom stereocenters. The van der Waals surface area contributed by atoms with Gasteiger partial charge in [-0.05, 0) is 68.4 Å². The summed E-state index contributed by atoms with van der Waals surface area (Å²) >= 11 is 2.06. The number of fused-ring (bicyclic) bond motifs is 2. The van der Waals surface area contributed by atoms with Crippen LogP contribution in [0.25, 0.3) is 0 Å². The highest BCUT2D eigenvalue weighted by Gasteiger charge is 2.41. The second-order valence-electron chi connectivity index (χ2n) is 5.63. The number of thioether (sulfide) groups is 1. The van der Waals surface area contributed by atoms with Crippen molar-refractivity contribution in [3.05, 3.63) is 0 Å². The Kier molecular flexibility index (Phi) is 5.02. The maximum absolute atomic E-state index is 3.75. The quantitative estimate of drug-likeness (QED) is 0.684. The maximum atomic E-state index is 3.75. The Labute approximate surface area is 105 Å². The molecule has 2 bridgehead atoms. The molecule has 94 valence electrons. The molecule has 0 aromatic rings. The molecule has 4 unspecified atom stereocenters. The van der Waals surface area contributed by atoms with Crippen molar-refractivity contribution in [1.29, 1.82) is 0 Å². The molecule has 0 amide bonds. The molecule has 2 rings (SSSR count). The summed E-state index contributed by atoms with van der Waals surface area (Å²) in [6.07, 6.45) is 7.45. The lowest BCUT2D eigenvalue weighted by Crippen LogP contribution is -2.36. The highest BCUT2D eigenvalue weighted by molar-refractivity contribution is 7.99. The zero-order valence-corrected chi connectivity index (χ0v) is 11.7. The third kappa shape index (κ3) is 3.16. The molecule has 0 aromatic heterocycles. The summed E-state index contributed by atoms with van der Waals surface area (Å²) in [7, 11) is 0. The average molecular weight is 241 g/mol. The van der Waals surface area contributed by atoms with Gasteiger partial charge in [0.05, 0.1) is 0 Å². The minimum atomic E-state index is 0.766. The normalized spacial score (nSPS) is 34.5. The van der Waals surface area contributed by atoms with E-state index in [1.165, 1.54) is 43.7 Å². The third-order valence-electron chi connectivity index (χ3n) is 4.57. The van der Waals surface area contributed by atoms with Gasteiger partial charge in [0.1, 0.15) is 0 Å². The summed E-state index contributed by atoms with van der Waals surface area (Å²) in [6, 6.07) is 0.766. The lowest BCUT2D eigenvalue weighted by Gasteiger charge is -2.28. The van der Waals surface area contributed by atoms with Crippen LogP contribution in [0.15, 0.2) is 0 Å². The van der Waals surface area contributed by atoms with Crippen molar-refractivity contribution in [2.24, 2.45) is 17.8 Å². The summed E-state index contributed by atoms with van der Waals surface area (Å²) < 4.78 is 0. The summed E-state index contributed by atoms with van der Waals surface area (Å²) in [5.74, 6) is 5.75. The zero-order chi connectivity index (χ0) is 11.4. The third-order valence-corrected chi connectivity index (χ3v) is 5.56. The van der Waals surface area contributed by atoms with Gasteiger partial charge >= 0.3 is 0 Å². The molecule has 0 spiro atoms. The van der Waals surface area contributed by atoms with Crippen LogP contribution in [0, 0.1) is 17.8 Å². The van der Waals surface area contributed by atoms with E-state index in [4.69, 9.17) is 0 Å². The van der Waals surface area contributed by atoms with Gasteiger partial charge in [-0.15, -0.1) is 0 Å². The molecule has 2 fully saturated rings. The smallest absolute Gasteiger partial charge is 0.00697 e. The van der Waals surface area contributed by atoms with E-state index < -0.39 is 0 Å². The molecule has 2 aliphatic carbocycles. The SMILES string of the molecule is CCSCCCNC(C)C1CC2CCC1C2. The first-order valence-electron chi connectivity index (χ1n) is 7.12. The molecule has 0 aromatic carbocycles. The van der Waals surface area contributed by atoms with Gasteiger partial charge in [-0.1, -0.05) is 13.3 Å². The van der Waals surface area contributed by atoms with E-state index in [2.05, 4.69) is 30.9 Å². The molecule has 2 heteroatoms. The van der Waals surface area contributed by atoms with Crippen LogP contribution in [-0.2, 0) is 0 Å². The Hall–Kier alpha value is 0.310. The number of rotatable bonds is 7. The van der Waals surface area contributed by atoms with Crippen molar-refractivity contribution in [1.82, 2.24) is 5.32 Å². The summed E-state index contributed by atoms with van der Waals surface area (Å²) in [4.78, 5) is 0. The van der Waals surface area contributed by atoms with Gasteiger partial charge in [-0.25, -0.2) is 0 Å². The largest absolute Gasteiger partial charge is 0.314 e. The fourth-order valence-corrected chi connectivity index (χ4v) is 4.34. The minimum absolute atomic E-state index is 0.766. The highest BCUT2D eigenvalue weighted by Crippen LogP contribution is 2.49. The fraction of sp³-hybridized carbons (Fsp3) is 1.00. The van der Waals surface area contributed by atoms with Gasteiger partial charge in [-0.2, -0.15) is 11.8 Å². The molecule has 0 saturated heterocycles.